The molecule has 128 valence electrons. The van der Waals surface area contributed by atoms with Crippen LogP contribution in [0.15, 0.2) is 48.5 Å². The van der Waals surface area contributed by atoms with Gasteiger partial charge in [-0.05, 0) is 38.1 Å². The lowest BCUT2D eigenvalue weighted by Crippen LogP contribution is -2.41. The zero-order valence-electron chi connectivity index (χ0n) is 14.3. The molecule has 0 aliphatic heterocycles. The first-order valence-electron chi connectivity index (χ1n) is 7.64. The van der Waals surface area contributed by atoms with Crippen LogP contribution < -0.4 is 15.4 Å². The van der Waals surface area contributed by atoms with E-state index in [1.54, 1.807) is 48.5 Å². The normalized spacial score (nSPS) is 10.5. The van der Waals surface area contributed by atoms with E-state index in [0.717, 1.165) is 0 Å². The van der Waals surface area contributed by atoms with Crippen molar-refractivity contribution < 1.29 is 14.3 Å². The fraction of sp³-hybridized carbons (Fsp3) is 0.211. The summed E-state index contributed by atoms with van der Waals surface area (Å²) in [4.78, 5) is 25.1. The molecular formula is C19H19N3O3. The lowest BCUT2D eigenvalue weighted by atomic mass is 9.90. The van der Waals surface area contributed by atoms with Crippen LogP contribution in [-0.4, -0.2) is 18.9 Å². The van der Waals surface area contributed by atoms with Crippen molar-refractivity contribution in [1.29, 1.82) is 5.26 Å². The molecule has 2 aromatic rings. The van der Waals surface area contributed by atoms with Crippen LogP contribution >= 0.6 is 0 Å². The highest BCUT2D eigenvalue weighted by molar-refractivity contribution is 6.14. The van der Waals surface area contributed by atoms with Crippen LogP contribution in [0.2, 0.25) is 0 Å². The van der Waals surface area contributed by atoms with Gasteiger partial charge in [0, 0.05) is 11.8 Å². The molecule has 0 aliphatic rings. The molecule has 0 bridgehead atoms. The summed E-state index contributed by atoms with van der Waals surface area (Å²) in [5.41, 5.74) is -0.106. The number of para-hydroxylation sites is 1. The molecule has 0 fully saturated rings. The van der Waals surface area contributed by atoms with Gasteiger partial charge in [0.25, 0.3) is 0 Å². The lowest BCUT2D eigenvalue weighted by Gasteiger charge is -2.23. The molecule has 0 atom stereocenters. The Morgan fingerprint density at radius 2 is 1.72 bits per heavy atom. The quantitative estimate of drug-likeness (QED) is 0.820. The molecule has 0 aromatic heterocycles. The van der Waals surface area contributed by atoms with Crippen molar-refractivity contribution in [3.05, 3.63) is 54.1 Å². The van der Waals surface area contributed by atoms with Gasteiger partial charge in [0.05, 0.1) is 18.4 Å². The third-order valence-electron chi connectivity index (χ3n) is 3.76. The molecule has 0 heterocycles. The smallest absolute Gasteiger partial charge is 0.239 e. The minimum absolute atomic E-state index is 0.333. The summed E-state index contributed by atoms with van der Waals surface area (Å²) in [5.74, 6) is -0.369. The Morgan fingerprint density at radius 3 is 2.40 bits per heavy atom. The van der Waals surface area contributed by atoms with E-state index >= 15 is 0 Å². The maximum absolute atomic E-state index is 12.6. The zero-order valence-corrected chi connectivity index (χ0v) is 14.3. The number of benzene rings is 2. The lowest BCUT2D eigenvalue weighted by molar-refractivity contribution is -0.135. The monoisotopic (exact) mass is 337 g/mol. The van der Waals surface area contributed by atoms with Crippen molar-refractivity contribution in [2.75, 3.05) is 17.7 Å². The SMILES string of the molecule is COc1cccc(NC(=O)C(C)(C)C(=O)Nc2ccccc2C#N)c1. The Bertz CT molecular complexity index is 838. The Labute approximate surface area is 146 Å². The Kier molecular flexibility index (Phi) is 5.40. The molecule has 0 spiro atoms. The first kappa shape index (κ1) is 18.0. The second kappa shape index (κ2) is 7.49. The van der Waals surface area contributed by atoms with E-state index in [2.05, 4.69) is 10.6 Å². The minimum Gasteiger partial charge on any atom is -0.497 e. The topological polar surface area (TPSA) is 91.2 Å². The third kappa shape index (κ3) is 4.15. The summed E-state index contributed by atoms with van der Waals surface area (Å²) < 4.78 is 5.11. The maximum atomic E-state index is 12.6. The number of nitrogens with zero attached hydrogens (tertiary/aromatic N) is 1. The number of anilines is 2. The summed E-state index contributed by atoms with van der Waals surface area (Å²) in [7, 11) is 1.53. The van der Waals surface area contributed by atoms with Crippen molar-refractivity contribution in [3.63, 3.8) is 0 Å². The minimum atomic E-state index is -1.34. The molecule has 2 rings (SSSR count). The number of carbonyl (C=O) groups excluding carboxylic acids is 2. The van der Waals surface area contributed by atoms with E-state index in [-0.39, 0.29) is 0 Å². The van der Waals surface area contributed by atoms with Crippen molar-refractivity contribution in [2.24, 2.45) is 5.41 Å². The summed E-state index contributed by atoms with van der Waals surface area (Å²) in [6.45, 7) is 3.04. The predicted octanol–water partition coefficient (Wildman–Crippen LogP) is 3.17. The van der Waals surface area contributed by atoms with Crippen LogP contribution in [0.1, 0.15) is 19.4 Å². The van der Waals surface area contributed by atoms with E-state index in [1.807, 2.05) is 6.07 Å². The summed E-state index contributed by atoms with van der Waals surface area (Å²) in [6, 6.07) is 15.5. The number of amides is 2. The molecular weight excluding hydrogens is 318 g/mol. The van der Waals surface area contributed by atoms with Gasteiger partial charge in [-0.2, -0.15) is 5.26 Å². The average molecular weight is 337 g/mol. The van der Waals surface area contributed by atoms with E-state index < -0.39 is 17.2 Å². The number of rotatable bonds is 5. The standard InChI is InChI=1S/C19H19N3O3/c1-19(2,17(23)21-14-8-6-9-15(11-14)25-3)18(24)22-16-10-5-4-7-13(16)12-20/h4-11H,1-3H3,(H,21,23)(H,22,24). The van der Waals surface area contributed by atoms with E-state index in [9.17, 15) is 9.59 Å². The van der Waals surface area contributed by atoms with Gasteiger partial charge in [0.1, 0.15) is 17.2 Å². The average Bonchev–Trinajstić information content (AvgIpc) is 2.62. The molecule has 0 unspecified atom stereocenters. The summed E-state index contributed by atoms with van der Waals surface area (Å²) >= 11 is 0. The molecule has 0 saturated carbocycles. The first-order valence-corrected chi connectivity index (χ1v) is 7.64. The van der Waals surface area contributed by atoms with Gasteiger partial charge in [0.2, 0.25) is 11.8 Å². The Balaban J connectivity index is 2.14. The highest BCUT2D eigenvalue weighted by atomic mass is 16.5. The molecule has 0 aliphatic carbocycles. The molecule has 25 heavy (non-hydrogen) atoms. The van der Waals surface area contributed by atoms with Gasteiger partial charge >= 0.3 is 0 Å². The van der Waals surface area contributed by atoms with Crippen LogP contribution in [0.4, 0.5) is 11.4 Å². The predicted molar refractivity (Wildman–Crippen MR) is 95.2 cm³/mol. The van der Waals surface area contributed by atoms with E-state index in [4.69, 9.17) is 10.00 Å². The molecule has 2 aromatic carbocycles. The highest BCUT2D eigenvalue weighted by Crippen LogP contribution is 2.24. The number of hydrogen-bond acceptors (Lipinski definition) is 4. The second-order valence-corrected chi connectivity index (χ2v) is 5.92. The van der Waals surface area contributed by atoms with Gasteiger partial charge in [-0.15, -0.1) is 0 Å². The molecule has 6 heteroatoms. The van der Waals surface area contributed by atoms with Crippen LogP contribution in [0, 0.1) is 16.7 Å². The number of carbonyl (C=O) groups is 2. The molecule has 6 nitrogen and oxygen atoms in total. The number of hydrogen-bond donors (Lipinski definition) is 2. The summed E-state index contributed by atoms with van der Waals surface area (Å²) in [6.07, 6.45) is 0. The maximum Gasteiger partial charge on any atom is 0.239 e. The second-order valence-electron chi connectivity index (χ2n) is 5.92. The fourth-order valence-corrected chi connectivity index (χ4v) is 2.06. The van der Waals surface area contributed by atoms with Gasteiger partial charge in [0.15, 0.2) is 0 Å². The molecule has 0 saturated heterocycles. The van der Waals surface area contributed by atoms with E-state index in [1.165, 1.54) is 21.0 Å². The highest BCUT2D eigenvalue weighted by Gasteiger charge is 2.36. The van der Waals surface area contributed by atoms with Gasteiger partial charge in [-0.25, -0.2) is 0 Å². The van der Waals surface area contributed by atoms with Gasteiger partial charge in [-0.3, -0.25) is 9.59 Å². The van der Waals surface area contributed by atoms with Crippen LogP contribution in [-0.2, 0) is 9.59 Å². The first-order chi connectivity index (χ1) is 11.9. The van der Waals surface area contributed by atoms with Crippen molar-refractivity contribution in [3.8, 4) is 11.8 Å². The van der Waals surface area contributed by atoms with Gasteiger partial charge in [-0.1, -0.05) is 18.2 Å². The zero-order chi connectivity index (χ0) is 18.4. The number of ether oxygens (including phenoxy) is 1. The van der Waals surface area contributed by atoms with Crippen LogP contribution in [0.5, 0.6) is 5.75 Å². The van der Waals surface area contributed by atoms with Crippen molar-refractivity contribution in [2.45, 2.75) is 13.8 Å². The largest absolute Gasteiger partial charge is 0.497 e. The fourth-order valence-electron chi connectivity index (χ4n) is 2.06. The molecule has 2 amide bonds. The number of nitrogens with one attached hydrogen (secondary N) is 2. The van der Waals surface area contributed by atoms with Gasteiger partial charge < -0.3 is 15.4 Å². The Hall–Kier alpha value is -3.33. The van der Waals surface area contributed by atoms with Crippen molar-refractivity contribution in [1.82, 2.24) is 0 Å². The third-order valence-corrected chi connectivity index (χ3v) is 3.76. The number of methoxy groups -OCH3 is 1. The molecule has 2 N–H and O–H groups in total. The summed E-state index contributed by atoms with van der Waals surface area (Å²) in [5, 5.41) is 14.4. The van der Waals surface area contributed by atoms with Crippen LogP contribution in [0.3, 0.4) is 0 Å². The van der Waals surface area contributed by atoms with Crippen LogP contribution in [0.25, 0.3) is 0 Å². The van der Waals surface area contributed by atoms with Crippen molar-refractivity contribution >= 4 is 23.2 Å². The number of nitriles is 1. The molecule has 0 radical (unpaired) electrons. The van der Waals surface area contributed by atoms with E-state index in [0.29, 0.717) is 22.7 Å². The Morgan fingerprint density at radius 1 is 1.04 bits per heavy atom.